The molecule has 1 saturated heterocycles. The van der Waals surface area contributed by atoms with Crippen LogP contribution in [0.5, 0.6) is 0 Å². The maximum Gasteiger partial charge on any atom is 0.228 e. The summed E-state index contributed by atoms with van der Waals surface area (Å²) in [4.78, 5) is 24.4. The minimum absolute atomic E-state index is 0.111. The molecule has 1 amide bonds. The maximum atomic E-state index is 12.7. The Bertz CT molecular complexity index is 733. The van der Waals surface area contributed by atoms with Crippen molar-refractivity contribution in [2.24, 2.45) is 5.92 Å². The number of para-hydroxylation sites is 2. The Morgan fingerprint density at radius 2 is 1.62 bits per heavy atom. The number of benzene rings is 1. The van der Waals surface area contributed by atoms with Crippen LogP contribution in [-0.4, -0.2) is 29.0 Å². The van der Waals surface area contributed by atoms with Crippen LogP contribution in [0.4, 0.5) is 11.6 Å². The van der Waals surface area contributed by atoms with Crippen molar-refractivity contribution in [2.45, 2.75) is 44.9 Å². The fourth-order valence-corrected chi connectivity index (χ4v) is 3.81. The minimum atomic E-state index is 0.111. The van der Waals surface area contributed by atoms with E-state index < -0.39 is 0 Å². The van der Waals surface area contributed by atoms with E-state index in [2.05, 4.69) is 10.2 Å². The minimum Gasteiger partial charge on any atom is -0.354 e. The number of fused-ring (bicyclic) bond motifs is 1. The lowest BCUT2D eigenvalue weighted by Gasteiger charge is -2.23. The van der Waals surface area contributed by atoms with Crippen LogP contribution in [0.2, 0.25) is 0 Å². The zero-order valence-corrected chi connectivity index (χ0v) is 14.0. The SMILES string of the molecule is O=C(Nc1nc2ccccc2nc1N1CCCC1)C1CCCCC1. The molecule has 1 aliphatic heterocycles. The van der Waals surface area contributed by atoms with Crippen molar-refractivity contribution in [3.05, 3.63) is 24.3 Å². The highest BCUT2D eigenvalue weighted by atomic mass is 16.2. The number of rotatable bonds is 3. The molecule has 0 spiro atoms. The normalized spacial score (nSPS) is 18.9. The van der Waals surface area contributed by atoms with Crippen molar-refractivity contribution in [1.82, 2.24) is 9.97 Å². The third-order valence-electron chi connectivity index (χ3n) is 5.18. The summed E-state index contributed by atoms with van der Waals surface area (Å²) in [5, 5.41) is 3.10. The molecule has 126 valence electrons. The molecule has 0 unspecified atom stereocenters. The number of nitrogens with zero attached hydrogens (tertiary/aromatic N) is 3. The molecule has 2 fully saturated rings. The Balaban J connectivity index is 1.66. The maximum absolute atomic E-state index is 12.7. The van der Waals surface area contributed by atoms with Gasteiger partial charge in [0.2, 0.25) is 5.91 Å². The number of carbonyl (C=O) groups is 1. The number of aromatic nitrogens is 2. The van der Waals surface area contributed by atoms with Gasteiger partial charge in [-0.1, -0.05) is 31.4 Å². The molecular formula is C19H24N4O. The molecule has 1 aromatic carbocycles. The summed E-state index contributed by atoms with van der Waals surface area (Å²) < 4.78 is 0. The molecule has 5 heteroatoms. The van der Waals surface area contributed by atoms with E-state index in [-0.39, 0.29) is 11.8 Å². The van der Waals surface area contributed by atoms with Crippen LogP contribution in [0.3, 0.4) is 0 Å². The van der Waals surface area contributed by atoms with Crippen LogP contribution in [0.1, 0.15) is 44.9 Å². The standard InChI is InChI=1S/C19H24N4O/c24-19(14-8-2-1-3-9-14)22-17-18(23-12-6-7-13-23)21-16-11-5-4-10-15(16)20-17/h4-5,10-11,14H,1-3,6-9,12-13H2,(H,20,22,24). The molecule has 1 N–H and O–H groups in total. The van der Waals surface area contributed by atoms with E-state index in [4.69, 9.17) is 9.97 Å². The average molecular weight is 324 g/mol. The first-order valence-electron chi connectivity index (χ1n) is 9.14. The topological polar surface area (TPSA) is 58.1 Å². The summed E-state index contributed by atoms with van der Waals surface area (Å²) >= 11 is 0. The molecule has 0 radical (unpaired) electrons. The fraction of sp³-hybridized carbons (Fsp3) is 0.526. The molecule has 0 bridgehead atoms. The van der Waals surface area contributed by atoms with Crippen LogP contribution < -0.4 is 10.2 Å². The van der Waals surface area contributed by atoms with Gasteiger partial charge in [0, 0.05) is 19.0 Å². The quantitative estimate of drug-likeness (QED) is 0.934. The zero-order chi connectivity index (χ0) is 16.4. The van der Waals surface area contributed by atoms with Crippen molar-refractivity contribution in [3.8, 4) is 0 Å². The summed E-state index contributed by atoms with van der Waals surface area (Å²) in [5.41, 5.74) is 1.72. The third kappa shape index (κ3) is 3.07. The lowest BCUT2D eigenvalue weighted by atomic mass is 9.89. The van der Waals surface area contributed by atoms with Gasteiger partial charge in [0.15, 0.2) is 11.6 Å². The lowest BCUT2D eigenvalue weighted by molar-refractivity contribution is -0.120. The van der Waals surface area contributed by atoms with E-state index in [0.29, 0.717) is 5.82 Å². The third-order valence-corrected chi connectivity index (χ3v) is 5.18. The molecule has 2 heterocycles. The van der Waals surface area contributed by atoms with Crippen LogP contribution in [0.25, 0.3) is 11.0 Å². The fourth-order valence-electron chi connectivity index (χ4n) is 3.81. The van der Waals surface area contributed by atoms with Gasteiger partial charge in [-0.15, -0.1) is 0 Å². The molecule has 0 atom stereocenters. The van der Waals surface area contributed by atoms with Crippen molar-refractivity contribution < 1.29 is 4.79 Å². The van der Waals surface area contributed by atoms with Gasteiger partial charge in [-0.3, -0.25) is 4.79 Å². The number of hydrogen-bond donors (Lipinski definition) is 1. The highest BCUT2D eigenvalue weighted by molar-refractivity contribution is 5.95. The number of hydrogen-bond acceptors (Lipinski definition) is 4. The second-order valence-electron chi connectivity index (χ2n) is 6.90. The Labute approximate surface area is 142 Å². The van der Waals surface area contributed by atoms with Crippen molar-refractivity contribution in [2.75, 3.05) is 23.3 Å². The van der Waals surface area contributed by atoms with Gasteiger partial charge < -0.3 is 10.2 Å². The van der Waals surface area contributed by atoms with Crippen molar-refractivity contribution in [3.63, 3.8) is 0 Å². The highest BCUT2D eigenvalue weighted by Crippen LogP contribution is 2.30. The molecule has 1 aliphatic carbocycles. The Morgan fingerprint density at radius 1 is 0.958 bits per heavy atom. The summed E-state index contributed by atoms with van der Waals surface area (Å²) in [7, 11) is 0. The molecule has 1 saturated carbocycles. The number of carbonyl (C=O) groups excluding carboxylic acids is 1. The predicted molar refractivity (Wildman–Crippen MR) is 96.2 cm³/mol. The van der Waals surface area contributed by atoms with Crippen LogP contribution in [-0.2, 0) is 4.79 Å². The van der Waals surface area contributed by atoms with Gasteiger partial charge in [-0.25, -0.2) is 9.97 Å². The lowest BCUT2D eigenvalue weighted by Crippen LogP contribution is -2.28. The van der Waals surface area contributed by atoms with Crippen molar-refractivity contribution >= 4 is 28.6 Å². The summed E-state index contributed by atoms with van der Waals surface area (Å²) in [5.74, 6) is 1.69. The monoisotopic (exact) mass is 324 g/mol. The van der Waals surface area contributed by atoms with Crippen LogP contribution in [0, 0.1) is 5.92 Å². The highest BCUT2D eigenvalue weighted by Gasteiger charge is 2.25. The zero-order valence-electron chi connectivity index (χ0n) is 14.0. The largest absolute Gasteiger partial charge is 0.354 e. The van der Waals surface area contributed by atoms with Gasteiger partial charge in [0.05, 0.1) is 11.0 Å². The summed E-state index contributed by atoms with van der Waals surface area (Å²) in [6.45, 7) is 1.97. The number of amides is 1. The predicted octanol–water partition coefficient (Wildman–Crippen LogP) is 3.75. The number of nitrogens with one attached hydrogen (secondary N) is 1. The Kier molecular flexibility index (Phi) is 4.32. The first kappa shape index (κ1) is 15.4. The van der Waals surface area contributed by atoms with E-state index in [1.807, 2.05) is 24.3 Å². The molecular weight excluding hydrogens is 300 g/mol. The second-order valence-corrected chi connectivity index (χ2v) is 6.90. The van der Waals surface area contributed by atoms with E-state index in [1.54, 1.807) is 0 Å². The smallest absolute Gasteiger partial charge is 0.228 e. The van der Waals surface area contributed by atoms with Crippen molar-refractivity contribution in [1.29, 1.82) is 0 Å². The van der Waals surface area contributed by atoms with E-state index in [9.17, 15) is 4.79 Å². The van der Waals surface area contributed by atoms with Gasteiger partial charge in [0.1, 0.15) is 0 Å². The Morgan fingerprint density at radius 3 is 2.33 bits per heavy atom. The van der Waals surface area contributed by atoms with E-state index >= 15 is 0 Å². The first-order valence-corrected chi connectivity index (χ1v) is 9.14. The molecule has 2 aliphatic rings. The molecule has 24 heavy (non-hydrogen) atoms. The molecule has 4 rings (SSSR count). The number of anilines is 2. The second kappa shape index (κ2) is 6.75. The van der Waals surface area contributed by atoms with Gasteiger partial charge in [0.25, 0.3) is 0 Å². The van der Waals surface area contributed by atoms with E-state index in [1.165, 1.54) is 19.3 Å². The van der Waals surface area contributed by atoms with Gasteiger partial charge in [-0.2, -0.15) is 0 Å². The molecule has 2 aromatic rings. The summed E-state index contributed by atoms with van der Waals surface area (Å²) in [6.07, 6.45) is 7.88. The summed E-state index contributed by atoms with van der Waals surface area (Å²) in [6, 6.07) is 7.87. The van der Waals surface area contributed by atoms with Gasteiger partial charge in [-0.05, 0) is 37.8 Å². The van der Waals surface area contributed by atoms with Gasteiger partial charge >= 0.3 is 0 Å². The molecule has 5 nitrogen and oxygen atoms in total. The average Bonchev–Trinajstić information content (AvgIpc) is 3.16. The first-order chi connectivity index (χ1) is 11.8. The van der Waals surface area contributed by atoms with Crippen LogP contribution >= 0.6 is 0 Å². The van der Waals surface area contributed by atoms with Crippen LogP contribution in [0.15, 0.2) is 24.3 Å². The molecule has 1 aromatic heterocycles. The Hall–Kier alpha value is -2.17. The van der Waals surface area contributed by atoms with E-state index in [0.717, 1.165) is 55.6 Å².